The highest BCUT2D eigenvalue weighted by atomic mass is 32.2. The van der Waals surface area contributed by atoms with Gasteiger partial charge in [-0.3, -0.25) is 4.79 Å². The second-order valence-electron chi connectivity index (χ2n) is 5.60. The summed E-state index contributed by atoms with van der Waals surface area (Å²) in [6, 6.07) is 0.576. The highest BCUT2D eigenvalue weighted by Crippen LogP contribution is 2.34. The van der Waals surface area contributed by atoms with Crippen molar-refractivity contribution in [1.82, 2.24) is 5.32 Å². The predicted molar refractivity (Wildman–Crippen MR) is 73.4 cm³/mol. The molecule has 0 aromatic carbocycles. The Kier molecular flexibility index (Phi) is 5.80. The van der Waals surface area contributed by atoms with Crippen LogP contribution in [0.3, 0.4) is 0 Å². The molecule has 0 amide bonds. The second kappa shape index (κ2) is 6.64. The van der Waals surface area contributed by atoms with Gasteiger partial charge in [-0.15, -0.1) is 11.8 Å². The summed E-state index contributed by atoms with van der Waals surface area (Å²) in [5, 5.41) is 3.49. The number of ether oxygens (including phenoxy) is 1. The topological polar surface area (TPSA) is 38.3 Å². The molecule has 0 saturated heterocycles. The van der Waals surface area contributed by atoms with Gasteiger partial charge in [0.2, 0.25) is 0 Å². The quantitative estimate of drug-likeness (QED) is 0.713. The minimum Gasteiger partial charge on any atom is -0.459 e. The molecule has 0 aromatic rings. The highest BCUT2D eigenvalue weighted by molar-refractivity contribution is 7.99. The van der Waals surface area contributed by atoms with Gasteiger partial charge in [0, 0.05) is 11.8 Å². The van der Waals surface area contributed by atoms with Crippen LogP contribution in [0.4, 0.5) is 0 Å². The summed E-state index contributed by atoms with van der Waals surface area (Å²) < 4.78 is 5.28. The first-order valence-electron chi connectivity index (χ1n) is 6.45. The normalized spacial score (nSPS) is 17.9. The second-order valence-corrected chi connectivity index (χ2v) is 6.63. The van der Waals surface area contributed by atoms with Crippen molar-refractivity contribution in [2.45, 2.75) is 52.2 Å². The van der Waals surface area contributed by atoms with Gasteiger partial charge in [0.25, 0.3) is 0 Å². The minimum absolute atomic E-state index is 0.103. The predicted octanol–water partition coefficient (Wildman–Crippen LogP) is 2.45. The fraction of sp³-hybridized carbons (Fsp3) is 0.923. The van der Waals surface area contributed by atoms with Gasteiger partial charge in [0.1, 0.15) is 5.60 Å². The first-order chi connectivity index (χ1) is 7.92. The van der Waals surface area contributed by atoms with Crippen molar-refractivity contribution in [2.75, 3.05) is 18.1 Å². The molecule has 1 saturated carbocycles. The van der Waals surface area contributed by atoms with Crippen molar-refractivity contribution >= 4 is 17.7 Å². The third kappa shape index (κ3) is 6.94. The Morgan fingerprint density at radius 2 is 2.12 bits per heavy atom. The average molecular weight is 259 g/mol. The highest BCUT2D eigenvalue weighted by Gasteiger charge is 2.30. The van der Waals surface area contributed by atoms with E-state index in [9.17, 15) is 4.79 Å². The van der Waals surface area contributed by atoms with Gasteiger partial charge >= 0.3 is 5.97 Å². The SMILES string of the molecule is CCNC(CSCC(=O)OC(C)(C)C)C1CC1. The fourth-order valence-corrected chi connectivity index (χ4v) is 2.75. The van der Waals surface area contributed by atoms with Gasteiger partial charge in [-0.2, -0.15) is 0 Å². The molecule has 0 radical (unpaired) electrons. The summed E-state index contributed by atoms with van der Waals surface area (Å²) in [4.78, 5) is 11.5. The fourth-order valence-electron chi connectivity index (χ4n) is 1.76. The molecule has 100 valence electrons. The van der Waals surface area contributed by atoms with E-state index in [-0.39, 0.29) is 11.6 Å². The van der Waals surface area contributed by atoms with Gasteiger partial charge in [-0.25, -0.2) is 0 Å². The molecule has 0 aliphatic heterocycles. The van der Waals surface area contributed by atoms with Crippen molar-refractivity contribution in [3.8, 4) is 0 Å². The first-order valence-corrected chi connectivity index (χ1v) is 7.61. The summed E-state index contributed by atoms with van der Waals surface area (Å²) in [5.74, 6) is 2.21. The van der Waals surface area contributed by atoms with E-state index in [1.54, 1.807) is 11.8 Å². The standard InChI is InChI=1S/C13H25NO2S/c1-5-14-11(10-6-7-10)8-17-9-12(15)16-13(2,3)4/h10-11,14H,5-9H2,1-4H3. The Bertz CT molecular complexity index is 246. The maximum absolute atomic E-state index is 11.5. The number of thioether (sulfide) groups is 1. The molecule has 1 rings (SSSR count). The van der Waals surface area contributed by atoms with Crippen molar-refractivity contribution in [3.05, 3.63) is 0 Å². The van der Waals surface area contributed by atoms with Crippen molar-refractivity contribution in [3.63, 3.8) is 0 Å². The molecular formula is C13H25NO2S. The summed E-state index contributed by atoms with van der Waals surface area (Å²) in [6.07, 6.45) is 2.68. The molecule has 1 atom stereocenters. The van der Waals surface area contributed by atoms with Gasteiger partial charge in [0.05, 0.1) is 5.75 Å². The van der Waals surface area contributed by atoms with E-state index in [0.717, 1.165) is 18.2 Å². The lowest BCUT2D eigenvalue weighted by molar-refractivity contribution is -0.151. The molecule has 0 aromatic heterocycles. The van der Waals surface area contributed by atoms with Crippen LogP contribution in [0.5, 0.6) is 0 Å². The minimum atomic E-state index is -0.366. The smallest absolute Gasteiger partial charge is 0.316 e. The van der Waals surface area contributed by atoms with Gasteiger partial charge in [-0.1, -0.05) is 6.92 Å². The van der Waals surface area contributed by atoms with Gasteiger partial charge in [0.15, 0.2) is 0 Å². The zero-order chi connectivity index (χ0) is 12.9. The Morgan fingerprint density at radius 1 is 1.47 bits per heavy atom. The van der Waals surface area contributed by atoms with E-state index < -0.39 is 0 Å². The van der Waals surface area contributed by atoms with E-state index in [1.807, 2.05) is 20.8 Å². The third-order valence-corrected chi connectivity index (χ3v) is 3.63. The van der Waals surface area contributed by atoms with Crippen molar-refractivity contribution < 1.29 is 9.53 Å². The molecule has 0 heterocycles. The van der Waals surface area contributed by atoms with Crippen LogP contribution in [0.15, 0.2) is 0 Å². The number of rotatable bonds is 7. The zero-order valence-corrected chi connectivity index (χ0v) is 12.2. The molecular weight excluding hydrogens is 234 g/mol. The van der Waals surface area contributed by atoms with Crippen LogP contribution >= 0.6 is 11.8 Å². The van der Waals surface area contributed by atoms with E-state index in [0.29, 0.717) is 11.8 Å². The zero-order valence-electron chi connectivity index (χ0n) is 11.4. The van der Waals surface area contributed by atoms with E-state index >= 15 is 0 Å². The average Bonchev–Trinajstić information content (AvgIpc) is 2.96. The Balaban J connectivity index is 2.15. The molecule has 4 heteroatoms. The number of hydrogen-bond acceptors (Lipinski definition) is 4. The number of carbonyl (C=O) groups is 1. The monoisotopic (exact) mass is 259 g/mol. The maximum Gasteiger partial charge on any atom is 0.316 e. The largest absolute Gasteiger partial charge is 0.459 e. The summed E-state index contributed by atoms with van der Waals surface area (Å²) in [5.41, 5.74) is -0.366. The van der Waals surface area contributed by atoms with E-state index in [4.69, 9.17) is 4.74 Å². The molecule has 0 bridgehead atoms. The molecule has 1 aliphatic carbocycles. The Morgan fingerprint density at radius 3 is 2.59 bits per heavy atom. The van der Waals surface area contributed by atoms with Crippen LogP contribution in [-0.2, 0) is 9.53 Å². The van der Waals surface area contributed by atoms with Gasteiger partial charge < -0.3 is 10.1 Å². The molecule has 1 aliphatic rings. The van der Waals surface area contributed by atoms with Crippen LogP contribution in [-0.4, -0.2) is 35.7 Å². The molecule has 1 fully saturated rings. The lowest BCUT2D eigenvalue weighted by Gasteiger charge is -2.20. The lowest BCUT2D eigenvalue weighted by atomic mass is 10.2. The third-order valence-electron chi connectivity index (χ3n) is 2.59. The summed E-state index contributed by atoms with van der Waals surface area (Å²) >= 11 is 1.68. The van der Waals surface area contributed by atoms with Crippen LogP contribution in [0, 0.1) is 5.92 Å². The Labute approximate surface area is 109 Å². The van der Waals surface area contributed by atoms with Crippen LogP contribution in [0.2, 0.25) is 0 Å². The molecule has 3 nitrogen and oxygen atoms in total. The van der Waals surface area contributed by atoms with E-state index in [1.165, 1.54) is 12.8 Å². The molecule has 1 N–H and O–H groups in total. The molecule has 17 heavy (non-hydrogen) atoms. The van der Waals surface area contributed by atoms with Crippen molar-refractivity contribution in [2.24, 2.45) is 5.92 Å². The molecule has 0 spiro atoms. The van der Waals surface area contributed by atoms with Gasteiger partial charge in [-0.05, 0) is 46.1 Å². The summed E-state index contributed by atoms with van der Waals surface area (Å²) in [6.45, 7) is 8.85. The number of hydrogen-bond donors (Lipinski definition) is 1. The van der Waals surface area contributed by atoms with Crippen LogP contribution < -0.4 is 5.32 Å². The van der Waals surface area contributed by atoms with E-state index in [2.05, 4.69) is 12.2 Å². The summed E-state index contributed by atoms with van der Waals surface area (Å²) in [7, 11) is 0. The maximum atomic E-state index is 11.5. The van der Waals surface area contributed by atoms with Crippen molar-refractivity contribution in [1.29, 1.82) is 0 Å². The Hall–Kier alpha value is -0.220. The number of esters is 1. The molecule has 1 unspecified atom stereocenters. The number of nitrogens with one attached hydrogen (secondary N) is 1. The first kappa shape index (κ1) is 14.8. The van der Waals surface area contributed by atoms with Crippen LogP contribution in [0.25, 0.3) is 0 Å². The lowest BCUT2D eigenvalue weighted by Crippen LogP contribution is -2.33. The number of carbonyl (C=O) groups excluding carboxylic acids is 1. The van der Waals surface area contributed by atoms with Crippen LogP contribution in [0.1, 0.15) is 40.5 Å².